The van der Waals surface area contributed by atoms with Crippen molar-refractivity contribution >= 4 is 16.9 Å². The second-order valence-corrected chi connectivity index (χ2v) is 4.32. The highest BCUT2D eigenvalue weighted by atomic mass is 19.1. The number of rotatable bonds is 3. The van der Waals surface area contributed by atoms with Crippen molar-refractivity contribution in [2.45, 2.75) is 18.9 Å². The van der Waals surface area contributed by atoms with Crippen molar-refractivity contribution < 1.29 is 19.0 Å². The van der Waals surface area contributed by atoms with Gasteiger partial charge in [-0.15, -0.1) is 0 Å². The van der Waals surface area contributed by atoms with Crippen molar-refractivity contribution in [3.63, 3.8) is 0 Å². The topological polar surface area (TPSA) is 59.4 Å². The fraction of sp³-hybridized carbons (Fsp3) is 0.231. The van der Waals surface area contributed by atoms with Crippen LogP contribution in [0.15, 0.2) is 24.4 Å². The van der Waals surface area contributed by atoms with Crippen LogP contribution in [0, 0.1) is 5.82 Å². The summed E-state index contributed by atoms with van der Waals surface area (Å²) in [4.78, 5) is 15.0. The van der Waals surface area contributed by atoms with Gasteiger partial charge in [0.2, 0.25) is 0 Å². The fourth-order valence-corrected chi connectivity index (χ4v) is 1.77. The molecular formula is C13H10FNO3. The molecule has 0 atom stereocenters. The molecule has 18 heavy (non-hydrogen) atoms. The maximum atomic E-state index is 13.1. The molecule has 0 amide bonds. The first-order valence-corrected chi connectivity index (χ1v) is 5.63. The number of aromatic nitrogens is 1. The molecule has 1 N–H and O–H groups in total. The van der Waals surface area contributed by atoms with Crippen LogP contribution in [0.2, 0.25) is 0 Å². The molecule has 0 spiro atoms. The van der Waals surface area contributed by atoms with Crippen LogP contribution in [0.4, 0.5) is 4.39 Å². The van der Waals surface area contributed by atoms with E-state index < -0.39 is 11.8 Å². The van der Waals surface area contributed by atoms with E-state index in [0.717, 1.165) is 19.0 Å². The summed E-state index contributed by atoms with van der Waals surface area (Å²) in [5, 5.41) is 9.45. The van der Waals surface area contributed by atoms with Gasteiger partial charge in [-0.2, -0.15) is 0 Å². The Hall–Kier alpha value is -2.17. The molecule has 1 aliphatic carbocycles. The van der Waals surface area contributed by atoms with Crippen LogP contribution >= 0.6 is 0 Å². The van der Waals surface area contributed by atoms with Gasteiger partial charge >= 0.3 is 5.97 Å². The van der Waals surface area contributed by atoms with Crippen LogP contribution < -0.4 is 4.74 Å². The Bertz CT molecular complexity index is 637. The number of fused-ring (bicyclic) bond motifs is 1. The van der Waals surface area contributed by atoms with Gasteiger partial charge in [0, 0.05) is 5.39 Å². The molecule has 0 radical (unpaired) electrons. The second kappa shape index (κ2) is 3.94. The lowest BCUT2D eigenvalue weighted by Gasteiger charge is -2.09. The number of hydrogen-bond donors (Lipinski definition) is 1. The number of carboxylic acid groups (broad SMARTS) is 1. The molecule has 1 fully saturated rings. The highest BCUT2D eigenvalue weighted by molar-refractivity contribution is 5.96. The third-order valence-electron chi connectivity index (χ3n) is 2.78. The van der Waals surface area contributed by atoms with E-state index in [0.29, 0.717) is 16.7 Å². The van der Waals surface area contributed by atoms with Gasteiger partial charge in [-0.25, -0.2) is 14.2 Å². The van der Waals surface area contributed by atoms with Gasteiger partial charge in [-0.05, 0) is 31.0 Å². The molecule has 4 nitrogen and oxygen atoms in total. The molecule has 0 bridgehead atoms. The number of carbonyl (C=O) groups is 1. The lowest BCUT2D eigenvalue weighted by atomic mass is 10.1. The molecule has 1 aliphatic rings. The smallest absolute Gasteiger partial charge is 0.335 e. The fourth-order valence-electron chi connectivity index (χ4n) is 1.77. The van der Waals surface area contributed by atoms with Crippen LogP contribution in [0.5, 0.6) is 5.75 Å². The molecule has 92 valence electrons. The number of pyridine rings is 1. The maximum absolute atomic E-state index is 13.1. The van der Waals surface area contributed by atoms with Crippen LogP contribution in [0.25, 0.3) is 10.9 Å². The summed E-state index contributed by atoms with van der Waals surface area (Å²) < 4.78 is 18.7. The maximum Gasteiger partial charge on any atom is 0.335 e. The van der Waals surface area contributed by atoms with Gasteiger partial charge in [-0.3, -0.25) is 0 Å². The minimum atomic E-state index is -1.07. The number of nitrogens with zero attached hydrogens (tertiary/aromatic N) is 1. The summed E-state index contributed by atoms with van der Waals surface area (Å²) in [5.74, 6) is -1.16. The first-order chi connectivity index (χ1) is 8.63. The third-order valence-corrected chi connectivity index (χ3v) is 2.78. The van der Waals surface area contributed by atoms with Crippen molar-refractivity contribution in [1.29, 1.82) is 0 Å². The van der Waals surface area contributed by atoms with Gasteiger partial charge in [0.1, 0.15) is 17.1 Å². The summed E-state index contributed by atoms with van der Waals surface area (Å²) in [5.41, 5.74) is 0.568. The lowest BCUT2D eigenvalue weighted by Crippen LogP contribution is -2.02. The van der Waals surface area contributed by atoms with E-state index in [1.165, 1.54) is 18.2 Å². The van der Waals surface area contributed by atoms with E-state index >= 15 is 0 Å². The molecule has 0 aliphatic heterocycles. The summed E-state index contributed by atoms with van der Waals surface area (Å²) in [6.07, 6.45) is 3.15. The van der Waals surface area contributed by atoms with Crippen LogP contribution in [-0.2, 0) is 0 Å². The lowest BCUT2D eigenvalue weighted by molar-refractivity contribution is 0.0696. The molecular weight excluding hydrogens is 237 g/mol. The van der Waals surface area contributed by atoms with Crippen molar-refractivity contribution in [1.82, 2.24) is 4.98 Å². The van der Waals surface area contributed by atoms with Gasteiger partial charge in [0.15, 0.2) is 0 Å². The first kappa shape index (κ1) is 11.0. The van der Waals surface area contributed by atoms with E-state index in [1.54, 1.807) is 0 Å². The minimum absolute atomic E-state index is 0.0746. The Morgan fingerprint density at radius 1 is 1.39 bits per heavy atom. The molecule has 1 aromatic heterocycles. The number of ether oxygens (including phenoxy) is 1. The summed E-state index contributed by atoms with van der Waals surface area (Å²) >= 11 is 0. The molecule has 0 unspecified atom stereocenters. The summed E-state index contributed by atoms with van der Waals surface area (Å²) in [6, 6.07) is 4.09. The van der Waals surface area contributed by atoms with Crippen molar-refractivity contribution in [3.05, 3.63) is 35.8 Å². The zero-order chi connectivity index (χ0) is 12.7. The number of benzene rings is 1. The van der Waals surface area contributed by atoms with Crippen molar-refractivity contribution in [2.75, 3.05) is 0 Å². The first-order valence-electron chi connectivity index (χ1n) is 5.63. The molecule has 3 rings (SSSR count). The highest BCUT2D eigenvalue weighted by Gasteiger charge is 2.25. The molecule has 2 aromatic rings. The van der Waals surface area contributed by atoms with Crippen LogP contribution in [-0.4, -0.2) is 22.2 Å². The molecule has 1 heterocycles. The SMILES string of the molecule is O=C(O)c1cc(OC2CC2)c2ncc(F)cc2c1. The average molecular weight is 247 g/mol. The quantitative estimate of drug-likeness (QED) is 0.905. The van der Waals surface area contributed by atoms with E-state index in [-0.39, 0.29) is 11.7 Å². The summed E-state index contributed by atoms with van der Waals surface area (Å²) in [7, 11) is 0. The Morgan fingerprint density at radius 3 is 2.83 bits per heavy atom. The van der Waals surface area contributed by atoms with Gasteiger partial charge in [0.05, 0.1) is 17.9 Å². The minimum Gasteiger partial charge on any atom is -0.488 e. The Kier molecular flexibility index (Phi) is 2.40. The van der Waals surface area contributed by atoms with Crippen molar-refractivity contribution in [3.8, 4) is 5.75 Å². The zero-order valence-electron chi connectivity index (χ0n) is 9.39. The van der Waals surface area contributed by atoms with Crippen molar-refractivity contribution in [2.24, 2.45) is 0 Å². The normalized spacial score (nSPS) is 14.7. The predicted molar refractivity (Wildman–Crippen MR) is 62.3 cm³/mol. The Balaban J connectivity index is 2.19. The monoisotopic (exact) mass is 247 g/mol. The molecule has 1 saturated carbocycles. The van der Waals surface area contributed by atoms with Gasteiger partial charge in [-0.1, -0.05) is 0 Å². The standard InChI is InChI=1S/C13H10FNO3/c14-9-4-7-3-8(13(16)17)5-11(12(7)15-6-9)18-10-1-2-10/h3-6,10H,1-2H2,(H,16,17). The predicted octanol–water partition coefficient (Wildman–Crippen LogP) is 2.61. The van der Waals surface area contributed by atoms with Crippen LogP contribution in [0.3, 0.4) is 0 Å². The number of aromatic carboxylic acids is 1. The third kappa shape index (κ3) is 1.99. The largest absolute Gasteiger partial charge is 0.488 e. The number of halogens is 1. The second-order valence-electron chi connectivity index (χ2n) is 4.32. The van der Waals surface area contributed by atoms with E-state index in [9.17, 15) is 9.18 Å². The van der Waals surface area contributed by atoms with E-state index in [2.05, 4.69) is 4.98 Å². The van der Waals surface area contributed by atoms with E-state index in [4.69, 9.17) is 9.84 Å². The summed E-state index contributed by atoms with van der Waals surface area (Å²) in [6.45, 7) is 0. The van der Waals surface area contributed by atoms with Gasteiger partial charge in [0.25, 0.3) is 0 Å². The molecule has 0 saturated heterocycles. The van der Waals surface area contributed by atoms with Gasteiger partial charge < -0.3 is 9.84 Å². The highest BCUT2D eigenvalue weighted by Crippen LogP contribution is 2.32. The number of hydrogen-bond acceptors (Lipinski definition) is 3. The molecule has 5 heteroatoms. The Morgan fingerprint density at radius 2 is 2.17 bits per heavy atom. The Labute approximate surface area is 102 Å². The molecule has 1 aromatic carbocycles. The average Bonchev–Trinajstić information content (AvgIpc) is 3.12. The number of carboxylic acids is 1. The van der Waals surface area contributed by atoms with E-state index in [1.807, 2.05) is 0 Å². The zero-order valence-corrected chi connectivity index (χ0v) is 9.39. The van der Waals surface area contributed by atoms with Crippen LogP contribution in [0.1, 0.15) is 23.2 Å².